The molecule has 140 valence electrons. The molecule has 5 rings (SSSR count). The van der Waals surface area contributed by atoms with Crippen LogP contribution in [0.25, 0.3) is 22.3 Å². The van der Waals surface area contributed by atoms with E-state index in [4.69, 9.17) is 0 Å². The molecule has 3 aromatic rings. The molecule has 0 unspecified atom stereocenters. The lowest BCUT2D eigenvalue weighted by Crippen LogP contribution is -2.48. The summed E-state index contributed by atoms with van der Waals surface area (Å²) in [6, 6.07) is 11.4. The summed E-state index contributed by atoms with van der Waals surface area (Å²) in [5, 5.41) is 1.18. The van der Waals surface area contributed by atoms with E-state index >= 15 is 0 Å². The maximum Gasteiger partial charge on any atom is 0.139 e. The summed E-state index contributed by atoms with van der Waals surface area (Å²) < 4.78 is 2.35. The highest BCUT2D eigenvalue weighted by Crippen LogP contribution is 2.33. The third kappa shape index (κ3) is 3.39. The smallest absolute Gasteiger partial charge is 0.139 e. The van der Waals surface area contributed by atoms with Gasteiger partial charge in [-0.05, 0) is 75.4 Å². The van der Waals surface area contributed by atoms with Crippen molar-refractivity contribution in [3.63, 3.8) is 0 Å². The van der Waals surface area contributed by atoms with Crippen molar-refractivity contribution in [2.75, 3.05) is 13.1 Å². The second-order valence-corrected chi connectivity index (χ2v) is 8.15. The number of benzene rings is 1. The minimum absolute atomic E-state index is 0.825. The number of aryl methyl sites for hydroxylation is 1. The molecule has 27 heavy (non-hydrogen) atoms. The van der Waals surface area contributed by atoms with Gasteiger partial charge in [0.25, 0.3) is 0 Å². The van der Waals surface area contributed by atoms with Gasteiger partial charge in [0.2, 0.25) is 0 Å². The van der Waals surface area contributed by atoms with Gasteiger partial charge in [-0.25, -0.2) is 4.98 Å². The fraction of sp³-hybridized carbons (Fsp3) is 0.478. The largest absolute Gasteiger partial charge is 0.331 e. The number of pyridine rings is 1. The Morgan fingerprint density at radius 2 is 1.93 bits per heavy atom. The van der Waals surface area contributed by atoms with E-state index < -0.39 is 0 Å². The van der Waals surface area contributed by atoms with Crippen molar-refractivity contribution in [2.45, 2.75) is 51.1 Å². The second-order valence-electron chi connectivity index (χ2n) is 8.15. The van der Waals surface area contributed by atoms with Gasteiger partial charge in [0.1, 0.15) is 5.82 Å². The first kappa shape index (κ1) is 16.9. The van der Waals surface area contributed by atoms with Crippen LogP contribution in [0.1, 0.15) is 38.5 Å². The van der Waals surface area contributed by atoms with Gasteiger partial charge in [0.05, 0.1) is 5.52 Å². The summed E-state index contributed by atoms with van der Waals surface area (Å²) in [5.74, 6) is 1.92. The van der Waals surface area contributed by atoms with E-state index in [2.05, 4.69) is 49.9 Å². The Bertz CT molecular complexity index is 913. The summed E-state index contributed by atoms with van der Waals surface area (Å²) in [4.78, 5) is 11.9. The van der Waals surface area contributed by atoms with Crippen LogP contribution in [0.5, 0.6) is 0 Å². The van der Waals surface area contributed by atoms with Gasteiger partial charge in [-0.15, -0.1) is 0 Å². The third-order valence-electron chi connectivity index (χ3n) is 6.55. The molecule has 0 N–H and O–H groups in total. The fourth-order valence-electron chi connectivity index (χ4n) is 5.18. The quantitative estimate of drug-likeness (QED) is 0.673. The first-order valence-corrected chi connectivity index (χ1v) is 10.5. The average Bonchev–Trinajstić information content (AvgIpc) is 3.20. The van der Waals surface area contributed by atoms with Crippen molar-refractivity contribution < 1.29 is 0 Å². The van der Waals surface area contributed by atoms with Gasteiger partial charge in [-0.1, -0.05) is 12.5 Å². The zero-order valence-electron chi connectivity index (χ0n) is 15.9. The van der Waals surface area contributed by atoms with Crippen LogP contribution >= 0.6 is 0 Å². The number of hydrogen-bond acceptors (Lipinski definition) is 3. The molecule has 0 bridgehead atoms. The van der Waals surface area contributed by atoms with E-state index in [1.165, 1.54) is 62.6 Å². The molecule has 0 aliphatic carbocycles. The van der Waals surface area contributed by atoms with Gasteiger partial charge in [-0.2, -0.15) is 0 Å². The Morgan fingerprint density at radius 1 is 0.963 bits per heavy atom. The van der Waals surface area contributed by atoms with E-state index in [1.54, 1.807) is 0 Å². The van der Waals surface area contributed by atoms with Crippen molar-refractivity contribution in [2.24, 2.45) is 5.92 Å². The third-order valence-corrected chi connectivity index (χ3v) is 6.55. The maximum atomic E-state index is 4.67. The van der Waals surface area contributed by atoms with Crippen LogP contribution in [-0.2, 0) is 6.54 Å². The van der Waals surface area contributed by atoms with E-state index in [0.717, 1.165) is 29.8 Å². The van der Waals surface area contributed by atoms with E-state index in [-0.39, 0.29) is 0 Å². The summed E-state index contributed by atoms with van der Waals surface area (Å²) in [5.41, 5.74) is 2.22. The SMILES string of the molecule is c1cnc2ccc(-c3nccn3CC[C@@H]3CCCN4CCCC[C@H]34)cc2c1. The Balaban J connectivity index is 1.34. The molecule has 2 aliphatic rings. The highest BCUT2D eigenvalue weighted by Gasteiger charge is 2.32. The van der Waals surface area contributed by atoms with Crippen LogP contribution in [0.15, 0.2) is 48.9 Å². The zero-order valence-corrected chi connectivity index (χ0v) is 15.9. The molecule has 0 radical (unpaired) electrons. The van der Waals surface area contributed by atoms with E-state index in [1.807, 2.05) is 18.5 Å². The molecule has 0 spiro atoms. The van der Waals surface area contributed by atoms with Crippen molar-refractivity contribution in [3.8, 4) is 11.4 Å². The lowest BCUT2D eigenvalue weighted by molar-refractivity contribution is 0.0539. The highest BCUT2D eigenvalue weighted by atomic mass is 15.2. The van der Waals surface area contributed by atoms with Crippen molar-refractivity contribution in [3.05, 3.63) is 48.9 Å². The summed E-state index contributed by atoms with van der Waals surface area (Å²) in [6.45, 7) is 3.71. The molecule has 0 saturated carbocycles. The number of piperidine rings is 2. The van der Waals surface area contributed by atoms with Gasteiger partial charge < -0.3 is 9.47 Å². The highest BCUT2D eigenvalue weighted by molar-refractivity contribution is 5.83. The van der Waals surface area contributed by atoms with Crippen molar-refractivity contribution >= 4 is 10.9 Å². The molecule has 2 fully saturated rings. The molecule has 0 amide bonds. The van der Waals surface area contributed by atoms with Gasteiger partial charge in [0.15, 0.2) is 0 Å². The van der Waals surface area contributed by atoms with Crippen LogP contribution < -0.4 is 0 Å². The Labute approximate surface area is 161 Å². The zero-order chi connectivity index (χ0) is 18.1. The molecular formula is C23H28N4. The first-order chi connectivity index (χ1) is 13.4. The molecule has 2 atom stereocenters. The predicted molar refractivity (Wildman–Crippen MR) is 110 cm³/mol. The first-order valence-electron chi connectivity index (χ1n) is 10.5. The summed E-state index contributed by atoms with van der Waals surface area (Å²) in [7, 11) is 0. The Hall–Kier alpha value is -2.20. The number of nitrogens with zero attached hydrogens (tertiary/aromatic N) is 4. The summed E-state index contributed by atoms with van der Waals surface area (Å²) in [6.07, 6.45) is 14.2. The Morgan fingerprint density at radius 3 is 2.93 bits per heavy atom. The minimum Gasteiger partial charge on any atom is -0.331 e. The van der Waals surface area contributed by atoms with E-state index in [9.17, 15) is 0 Å². The lowest BCUT2D eigenvalue weighted by Gasteiger charge is -2.44. The van der Waals surface area contributed by atoms with Crippen molar-refractivity contribution in [1.82, 2.24) is 19.4 Å². The average molecular weight is 361 g/mol. The molecule has 2 aromatic heterocycles. The van der Waals surface area contributed by atoms with E-state index in [0.29, 0.717) is 0 Å². The van der Waals surface area contributed by atoms with Gasteiger partial charge in [0, 0.05) is 42.1 Å². The number of aromatic nitrogens is 3. The Kier molecular flexibility index (Phi) is 4.66. The molecule has 1 aromatic carbocycles. The number of fused-ring (bicyclic) bond motifs is 2. The fourth-order valence-corrected chi connectivity index (χ4v) is 5.18. The monoisotopic (exact) mass is 360 g/mol. The maximum absolute atomic E-state index is 4.67. The predicted octanol–water partition coefficient (Wildman–Crippen LogP) is 4.75. The molecule has 4 nitrogen and oxygen atoms in total. The van der Waals surface area contributed by atoms with Crippen LogP contribution in [0.3, 0.4) is 0 Å². The number of imidazole rings is 1. The molecule has 2 saturated heterocycles. The van der Waals surface area contributed by atoms with Crippen LogP contribution in [-0.4, -0.2) is 38.6 Å². The van der Waals surface area contributed by atoms with Crippen LogP contribution in [0, 0.1) is 5.92 Å². The van der Waals surface area contributed by atoms with Crippen LogP contribution in [0.2, 0.25) is 0 Å². The lowest BCUT2D eigenvalue weighted by atomic mass is 9.81. The van der Waals surface area contributed by atoms with Crippen molar-refractivity contribution in [1.29, 1.82) is 0 Å². The number of hydrogen-bond donors (Lipinski definition) is 0. The standard InChI is InChI=1S/C23H28N4/c1-2-13-26-14-4-6-18(22(26)7-1)10-15-27-16-12-25-23(27)20-8-9-21-19(17-20)5-3-11-24-21/h3,5,8-9,11-12,16-18,22H,1-2,4,6-7,10,13-15H2/t18-,22+/m0/s1. The normalized spacial score (nSPS) is 23.4. The molecule has 4 heterocycles. The molecule has 4 heteroatoms. The van der Waals surface area contributed by atoms with Gasteiger partial charge in [-0.3, -0.25) is 4.98 Å². The second kappa shape index (κ2) is 7.43. The molecular weight excluding hydrogens is 332 g/mol. The minimum atomic E-state index is 0.825. The number of rotatable bonds is 4. The van der Waals surface area contributed by atoms with Gasteiger partial charge >= 0.3 is 0 Å². The topological polar surface area (TPSA) is 34.0 Å². The molecule has 2 aliphatic heterocycles. The van der Waals surface area contributed by atoms with Crippen LogP contribution in [0.4, 0.5) is 0 Å². The summed E-state index contributed by atoms with van der Waals surface area (Å²) >= 11 is 0.